The molecule has 0 bridgehead atoms. The Balaban J connectivity index is 1.69. The fourth-order valence-corrected chi connectivity index (χ4v) is 3.50. The van der Waals surface area contributed by atoms with Crippen molar-refractivity contribution in [3.63, 3.8) is 0 Å². The van der Waals surface area contributed by atoms with Gasteiger partial charge in [0.2, 0.25) is 0 Å². The zero-order chi connectivity index (χ0) is 19.4. The summed E-state index contributed by atoms with van der Waals surface area (Å²) in [4.78, 5) is 20.9. The Morgan fingerprint density at radius 3 is 2.63 bits per heavy atom. The summed E-state index contributed by atoms with van der Waals surface area (Å²) in [5.41, 5.74) is 1.91. The van der Waals surface area contributed by atoms with E-state index < -0.39 is 9.84 Å². The van der Waals surface area contributed by atoms with E-state index in [1.165, 1.54) is 6.26 Å². The summed E-state index contributed by atoms with van der Waals surface area (Å²) in [5.74, 6) is 1.20. The normalized spacial score (nSPS) is 11.3. The second-order valence-corrected chi connectivity index (χ2v) is 8.46. The smallest absolute Gasteiger partial charge is 0.251 e. The molecular weight excluding hydrogens is 364 g/mol. The zero-order valence-electron chi connectivity index (χ0n) is 15.1. The first kappa shape index (κ1) is 18.8. The first-order valence-corrected chi connectivity index (χ1v) is 10.4. The molecule has 1 aromatic carbocycles. The van der Waals surface area contributed by atoms with Crippen molar-refractivity contribution in [2.45, 2.75) is 19.2 Å². The lowest BCUT2D eigenvalue weighted by Crippen LogP contribution is -2.23. The number of aryl methyl sites for hydroxylation is 1. The summed E-state index contributed by atoms with van der Waals surface area (Å²) in [7, 11) is -3.15. The molecule has 2 aromatic heterocycles. The molecule has 3 rings (SSSR count). The molecule has 0 aliphatic heterocycles. The van der Waals surface area contributed by atoms with Crippen LogP contribution >= 0.6 is 0 Å². The van der Waals surface area contributed by atoms with Crippen LogP contribution in [0.15, 0.2) is 55.0 Å². The summed E-state index contributed by atoms with van der Waals surface area (Å²) in [6.45, 7) is 2.22. The Hall–Kier alpha value is -3.00. The molecule has 0 atom stereocenters. The third kappa shape index (κ3) is 5.01. The van der Waals surface area contributed by atoms with Gasteiger partial charge in [-0.15, -0.1) is 0 Å². The van der Waals surface area contributed by atoms with Crippen molar-refractivity contribution in [2.24, 2.45) is 0 Å². The van der Waals surface area contributed by atoms with Crippen molar-refractivity contribution in [3.05, 3.63) is 77.5 Å². The Bertz CT molecular complexity index is 1070. The van der Waals surface area contributed by atoms with Gasteiger partial charge in [-0.1, -0.05) is 12.1 Å². The molecule has 140 valence electrons. The van der Waals surface area contributed by atoms with Crippen molar-refractivity contribution in [1.82, 2.24) is 19.9 Å². The van der Waals surface area contributed by atoms with E-state index in [1.807, 2.05) is 29.8 Å². The number of rotatable bonds is 6. The van der Waals surface area contributed by atoms with Crippen LogP contribution in [0.1, 0.15) is 27.3 Å². The number of nitrogens with zero attached hydrogens (tertiary/aromatic N) is 3. The van der Waals surface area contributed by atoms with Crippen molar-refractivity contribution >= 4 is 15.7 Å². The Morgan fingerprint density at radius 1 is 1.11 bits per heavy atom. The number of aromatic nitrogens is 3. The molecule has 2 heterocycles. The highest BCUT2D eigenvalue weighted by Crippen LogP contribution is 2.11. The highest BCUT2D eigenvalue weighted by atomic mass is 32.2. The predicted octanol–water partition coefficient (Wildman–Crippen LogP) is 2.05. The van der Waals surface area contributed by atoms with E-state index in [0.717, 1.165) is 17.2 Å². The van der Waals surface area contributed by atoms with Crippen LogP contribution in [0.5, 0.6) is 0 Å². The first-order chi connectivity index (χ1) is 12.8. The van der Waals surface area contributed by atoms with E-state index in [9.17, 15) is 13.2 Å². The SMILES string of the molecule is Cc1nccn1-c1cc(CNC(=O)c2cccc(CS(C)(=O)=O)c2)ccn1. The molecule has 0 aliphatic rings. The number of sulfone groups is 1. The lowest BCUT2D eigenvalue weighted by molar-refractivity contribution is 0.0950. The van der Waals surface area contributed by atoms with Crippen molar-refractivity contribution in [3.8, 4) is 5.82 Å². The monoisotopic (exact) mass is 384 g/mol. The largest absolute Gasteiger partial charge is 0.348 e. The molecule has 0 unspecified atom stereocenters. The third-order valence-corrected chi connectivity index (χ3v) is 4.81. The lowest BCUT2D eigenvalue weighted by Gasteiger charge is -2.09. The molecule has 1 N–H and O–H groups in total. The Labute approximate surface area is 158 Å². The Kier molecular flexibility index (Phi) is 5.36. The summed E-state index contributed by atoms with van der Waals surface area (Å²) in [5, 5.41) is 2.85. The van der Waals surface area contributed by atoms with Crippen LogP contribution in [0.4, 0.5) is 0 Å². The number of benzene rings is 1. The van der Waals surface area contributed by atoms with Gasteiger partial charge >= 0.3 is 0 Å². The molecule has 0 saturated heterocycles. The van der Waals surface area contributed by atoms with Crippen LogP contribution in [0.2, 0.25) is 0 Å². The number of carbonyl (C=O) groups excluding carboxylic acids is 1. The van der Waals surface area contributed by atoms with Gasteiger partial charge in [-0.25, -0.2) is 18.4 Å². The van der Waals surface area contributed by atoms with E-state index in [1.54, 1.807) is 36.7 Å². The molecular formula is C19H20N4O3S. The molecule has 8 heteroatoms. The van der Waals surface area contributed by atoms with Gasteiger partial charge in [0, 0.05) is 37.0 Å². The van der Waals surface area contributed by atoms with Gasteiger partial charge in [0.25, 0.3) is 5.91 Å². The van der Waals surface area contributed by atoms with Gasteiger partial charge in [-0.05, 0) is 42.3 Å². The number of pyridine rings is 1. The van der Waals surface area contributed by atoms with E-state index in [2.05, 4.69) is 15.3 Å². The van der Waals surface area contributed by atoms with Gasteiger partial charge in [-0.3, -0.25) is 9.36 Å². The minimum Gasteiger partial charge on any atom is -0.348 e. The molecule has 1 amide bonds. The highest BCUT2D eigenvalue weighted by Gasteiger charge is 2.10. The van der Waals surface area contributed by atoms with Gasteiger partial charge in [-0.2, -0.15) is 0 Å². The van der Waals surface area contributed by atoms with E-state index in [0.29, 0.717) is 17.7 Å². The molecule has 0 aliphatic carbocycles. The summed E-state index contributed by atoms with van der Waals surface area (Å²) in [6.07, 6.45) is 6.38. The summed E-state index contributed by atoms with van der Waals surface area (Å²) >= 11 is 0. The number of nitrogens with one attached hydrogen (secondary N) is 1. The van der Waals surface area contributed by atoms with Crippen LogP contribution < -0.4 is 5.32 Å². The van der Waals surface area contributed by atoms with Crippen molar-refractivity contribution < 1.29 is 13.2 Å². The van der Waals surface area contributed by atoms with Gasteiger partial charge in [0.1, 0.15) is 11.6 Å². The predicted molar refractivity (Wildman–Crippen MR) is 102 cm³/mol. The van der Waals surface area contributed by atoms with E-state index in [4.69, 9.17) is 0 Å². The highest BCUT2D eigenvalue weighted by molar-refractivity contribution is 7.89. The van der Waals surface area contributed by atoms with Gasteiger partial charge in [0.05, 0.1) is 5.75 Å². The fourth-order valence-electron chi connectivity index (χ4n) is 2.71. The average molecular weight is 384 g/mol. The maximum atomic E-state index is 12.4. The number of carbonyl (C=O) groups is 1. The van der Waals surface area contributed by atoms with Crippen LogP contribution in [-0.4, -0.2) is 35.1 Å². The number of amides is 1. The molecule has 0 spiro atoms. The fraction of sp³-hybridized carbons (Fsp3) is 0.211. The third-order valence-electron chi connectivity index (χ3n) is 3.95. The quantitative estimate of drug-likeness (QED) is 0.702. The topological polar surface area (TPSA) is 94.0 Å². The van der Waals surface area contributed by atoms with Crippen LogP contribution in [0.25, 0.3) is 5.82 Å². The summed E-state index contributed by atoms with van der Waals surface area (Å²) < 4.78 is 24.7. The molecule has 7 nitrogen and oxygen atoms in total. The average Bonchev–Trinajstić information content (AvgIpc) is 3.05. The molecule has 0 radical (unpaired) electrons. The standard InChI is InChI=1S/C19H20N4O3S/c1-14-20-8-9-23(14)18-11-15(6-7-21-18)12-22-19(24)17-5-3-4-16(10-17)13-27(2,25)26/h3-11H,12-13H2,1-2H3,(H,22,24). The minimum absolute atomic E-state index is 0.0912. The van der Waals surface area contributed by atoms with Crippen molar-refractivity contribution in [2.75, 3.05) is 6.26 Å². The van der Waals surface area contributed by atoms with Crippen LogP contribution in [0, 0.1) is 6.92 Å². The van der Waals surface area contributed by atoms with E-state index in [-0.39, 0.29) is 11.7 Å². The zero-order valence-corrected chi connectivity index (χ0v) is 15.9. The number of hydrogen-bond acceptors (Lipinski definition) is 5. The molecule has 0 saturated carbocycles. The maximum absolute atomic E-state index is 12.4. The molecule has 0 fully saturated rings. The van der Waals surface area contributed by atoms with Crippen molar-refractivity contribution in [1.29, 1.82) is 0 Å². The first-order valence-electron chi connectivity index (χ1n) is 8.32. The second-order valence-electron chi connectivity index (χ2n) is 6.32. The van der Waals surface area contributed by atoms with Crippen LogP contribution in [-0.2, 0) is 22.1 Å². The lowest BCUT2D eigenvalue weighted by atomic mass is 10.1. The maximum Gasteiger partial charge on any atom is 0.251 e. The number of hydrogen-bond donors (Lipinski definition) is 1. The van der Waals surface area contributed by atoms with Gasteiger partial charge < -0.3 is 5.32 Å². The van der Waals surface area contributed by atoms with Gasteiger partial charge in [0.15, 0.2) is 9.84 Å². The molecule has 3 aromatic rings. The van der Waals surface area contributed by atoms with Crippen LogP contribution in [0.3, 0.4) is 0 Å². The second kappa shape index (κ2) is 7.71. The van der Waals surface area contributed by atoms with E-state index >= 15 is 0 Å². The molecule has 27 heavy (non-hydrogen) atoms. The number of imidazole rings is 1. The minimum atomic E-state index is -3.15. The summed E-state index contributed by atoms with van der Waals surface area (Å²) in [6, 6.07) is 10.4. The Morgan fingerprint density at radius 2 is 1.93 bits per heavy atom.